The fraction of sp³-hybridized carbons (Fsp3) is 0.211. The second-order valence-electron chi connectivity index (χ2n) is 6.53. The molecule has 2 amide bonds. The molecule has 10 heteroatoms. The van der Waals surface area contributed by atoms with Gasteiger partial charge in [-0.05, 0) is 36.5 Å². The fourth-order valence-electron chi connectivity index (χ4n) is 3.04. The van der Waals surface area contributed by atoms with Gasteiger partial charge in [0.2, 0.25) is 5.91 Å². The maximum atomic E-state index is 12.3. The Hall–Kier alpha value is -3.53. The summed E-state index contributed by atoms with van der Waals surface area (Å²) in [6, 6.07) is 10.6. The molecule has 2 N–H and O–H groups in total. The highest BCUT2D eigenvalue weighted by Gasteiger charge is 2.34. The molecular weight excluding hydrogens is 392 g/mol. The van der Waals surface area contributed by atoms with Crippen LogP contribution in [-0.2, 0) is 9.59 Å². The molecule has 0 aliphatic carbocycles. The highest BCUT2D eigenvalue weighted by Crippen LogP contribution is 2.22. The van der Waals surface area contributed by atoms with Crippen LogP contribution in [0.1, 0.15) is 6.42 Å². The monoisotopic (exact) mass is 410 g/mol. The number of fused-ring (bicyclic) bond motifs is 1. The number of nitrogens with one attached hydrogen (secondary N) is 2. The van der Waals surface area contributed by atoms with Crippen LogP contribution < -0.4 is 15.4 Å². The van der Waals surface area contributed by atoms with Gasteiger partial charge >= 0.3 is 0 Å². The van der Waals surface area contributed by atoms with Gasteiger partial charge in [0.1, 0.15) is 11.8 Å². The van der Waals surface area contributed by atoms with Crippen molar-refractivity contribution in [3.63, 3.8) is 0 Å². The van der Waals surface area contributed by atoms with Gasteiger partial charge in [-0.3, -0.25) is 14.5 Å². The van der Waals surface area contributed by atoms with Crippen molar-refractivity contribution in [3.05, 3.63) is 42.6 Å². The molecule has 1 fully saturated rings. The lowest BCUT2D eigenvalue weighted by atomic mass is 10.1. The van der Waals surface area contributed by atoms with Gasteiger partial charge in [-0.25, -0.2) is 9.50 Å². The second-order valence-corrected chi connectivity index (χ2v) is 6.92. The highest BCUT2D eigenvalue weighted by molar-refractivity contribution is 7.80. The number of thiocarbonyl (C=S) groups is 1. The lowest BCUT2D eigenvalue weighted by Crippen LogP contribution is -2.33. The molecule has 1 unspecified atom stereocenters. The summed E-state index contributed by atoms with van der Waals surface area (Å²) in [5.74, 6) is 0.518. The summed E-state index contributed by atoms with van der Waals surface area (Å²) in [7, 11) is 3.18. The Morgan fingerprint density at radius 1 is 1.34 bits per heavy atom. The van der Waals surface area contributed by atoms with Gasteiger partial charge in [0.25, 0.3) is 5.91 Å². The molecule has 0 saturated carbocycles. The predicted octanol–water partition coefficient (Wildman–Crippen LogP) is 1.45. The van der Waals surface area contributed by atoms with E-state index in [9.17, 15) is 9.59 Å². The van der Waals surface area contributed by atoms with Crippen LogP contribution in [0.15, 0.2) is 42.6 Å². The third-order valence-electron chi connectivity index (χ3n) is 4.57. The first kappa shape index (κ1) is 18.8. The van der Waals surface area contributed by atoms with E-state index in [0.29, 0.717) is 16.6 Å². The number of likely N-dealkylation sites (N-methyl/N-ethyl adjacent to an activating group) is 1. The van der Waals surface area contributed by atoms with E-state index in [-0.39, 0.29) is 18.2 Å². The van der Waals surface area contributed by atoms with Crippen LogP contribution >= 0.6 is 12.2 Å². The van der Waals surface area contributed by atoms with E-state index in [4.69, 9.17) is 17.0 Å². The van der Waals surface area contributed by atoms with Crippen LogP contribution in [0.2, 0.25) is 0 Å². The van der Waals surface area contributed by atoms with Crippen LogP contribution in [0.5, 0.6) is 5.75 Å². The lowest BCUT2D eigenvalue weighted by molar-refractivity contribution is -0.128. The number of ether oxygens (including phenoxy) is 1. The van der Waals surface area contributed by atoms with Crippen LogP contribution in [0.3, 0.4) is 0 Å². The quantitative estimate of drug-likeness (QED) is 0.614. The average molecular weight is 410 g/mol. The zero-order chi connectivity index (χ0) is 20.5. The topological polar surface area (TPSA) is 101 Å². The summed E-state index contributed by atoms with van der Waals surface area (Å²) in [6.45, 7) is 0. The minimum Gasteiger partial charge on any atom is -0.497 e. The van der Waals surface area contributed by atoms with Gasteiger partial charge in [-0.1, -0.05) is 12.1 Å². The van der Waals surface area contributed by atoms with E-state index in [2.05, 4.69) is 20.7 Å². The average Bonchev–Trinajstić information content (AvgIpc) is 3.22. The number of benzene rings is 1. The predicted molar refractivity (Wildman–Crippen MR) is 111 cm³/mol. The first-order valence-electron chi connectivity index (χ1n) is 8.83. The summed E-state index contributed by atoms with van der Waals surface area (Å²) in [5.41, 5.74) is 2.23. The van der Waals surface area contributed by atoms with Crippen LogP contribution in [0, 0.1) is 0 Å². The molecule has 9 nitrogen and oxygen atoms in total. The number of imidazole rings is 1. The molecule has 0 spiro atoms. The molecule has 29 heavy (non-hydrogen) atoms. The maximum Gasteiger partial charge on any atom is 0.251 e. The van der Waals surface area contributed by atoms with Crippen molar-refractivity contribution in [1.29, 1.82) is 0 Å². The molecule has 0 bridgehead atoms. The molecule has 1 aliphatic heterocycles. The molecule has 1 saturated heterocycles. The number of carbonyl (C=O) groups excluding carboxylic acids is 2. The van der Waals surface area contributed by atoms with E-state index in [1.54, 1.807) is 24.9 Å². The van der Waals surface area contributed by atoms with E-state index in [1.165, 1.54) is 4.90 Å². The Morgan fingerprint density at radius 3 is 2.90 bits per heavy atom. The molecule has 1 aromatic carbocycles. The van der Waals surface area contributed by atoms with Gasteiger partial charge < -0.3 is 15.4 Å². The van der Waals surface area contributed by atoms with Crippen molar-refractivity contribution in [3.8, 4) is 17.0 Å². The SMILES string of the molecule is COc1cccc(-c2ccc3nc(NC(=O)CC4NC(=S)N(C)C4=O)cn3n2)c1. The highest BCUT2D eigenvalue weighted by atomic mass is 32.1. The first-order valence-corrected chi connectivity index (χ1v) is 9.24. The number of hydrogen-bond acceptors (Lipinski definition) is 6. The zero-order valence-corrected chi connectivity index (χ0v) is 16.6. The van der Waals surface area contributed by atoms with E-state index >= 15 is 0 Å². The number of hydrogen-bond donors (Lipinski definition) is 2. The number of methoxy groups -OCH3 is 1. The van der Waals surface area contributed by atoms with Crippen molar-refractivity contribution >= 4 is 40.6 Å². The molecule has 2 aromatic heterocycles. The Kier molecular flexibility index (Phi) is 4.85. The molecule has 1 aliphatic rings. The maximum absolute atomic E-state index is 12.3. The minimum atomic E-state index is -0.665. The van der Waals surface area contributed by atoms with Crippen molar-refractivity contribution in [2.45, 2.75) is 12.5 Å². The molecular formula is C19H18N6O3S. The van der Waals surface area contributed by atoms with E-state index in [1.807, 2.05) is 36.4 Å². The molecule has 3 aromatic rings. The number of amides is 2. The number of carbonyl (C=O) groups is 2. The van der Waals surface area contributed by atoms with Crippen molar-refractivity contribution < 1.29 is 14.3 Å². The summed E-state index contributed by atoms with van der Waals surface area (Å²) in [4.78, 5) is 30.0. The van der Waals surface area contributed by atoms with Crippen molar-refractivity contribution in [2.75, 3.05) is 19.5 Å². The fourth-order valence-corrected chi connectivity index (χ4v) is 3.27. The number of aromatic nitrogens is 3. The standard InChI is InChI=1S/C19H18N6O3S/c1-24-18(27)14(20-19(24)29)9-17(26)22-15-10-25-16(21-15)7-6-13(23-25)11-4-3-5-12(8-11)28-2/h3-8,10,14H,9H2,1-2H3,(H,20,29)(H,22,26). The zero-order valence-electron chi connectivity index (χ0n) is 15.7. The van der Waals surface area contributed by atoms with Crippen LogP contribution in [0.25, 0.3) is 16.9 Å². The normalized spacial score (nSPS) is 16.2. The van der Waals surface area contributed by atoms with Crippen molar-refractivity contribution in [1.82, 2.24) is 24.8 Å². The number of nitrogens with zero attached hydrogens (tertiary/aromatic N) is 4. The summed E-state index contributed by atoms with van der Waals surface area (Å²) in [6.07, 6.45) is 1.58. The van der Waals surface area contributed by atoms with Gasteiger partial charge in [-0.2, -0.15) is 5.10 Å². The Bertz CT molecular complexity index is 1130. The molecule has 4 rings (SSSR count). The Balaban J connectivity index is 1.50. The van der Waals surface area contributed by atoms with E-state index in [0.717, 1.165) is 17.0 Å². The van der Waals surface area contributed by atoms with Crippen LogP contribution in [-0.4, -0.2) is 56.6 Å². The Morgan fingerprint density at radius 2 is 2.17 bits per heavy atom. The van der Waals surface area contributed by atoms with Crippen molar-refractivity contribution in [2.24, 2.45) is 0 Å². The Labute approximate surface area is 171 Å². The molecule has 3 heterocycles. The smallest absolute Gasteiger partial charge is 0.251 e. The van der Waals surface area contributed by atoms with E-state index < -0.39 is 6.04 Å². The summed E-state index contributed by atoms with van der Waals surface area (Å²) in [5, 5.41) is 10.4. The third-order valence-corrected chi connectivity index (χ3v) is 4.97. The first-order chi connectivity index (χ1) is 13.9. The second kappa shape index (κ2) is 7.47. The van der Waals surface area contributed by atoms with Gasteiger partial charge in [-0.15, -0.1) is 0 Å². The molecule has 1 atom stereocenters. The van der Waals surface area contributed by atoms with Gasteiger partial charge in [0.15, 0.2) is 16.6 Å². The lowest BCUT2D eigenvalue weighted by Gasteiger charge is -2.07. The summed E-state index contributed by atoms with van der Waals surface area (Å²) < 4.78 is 6.84. The minimum absolute atomic E-state index is 0.0420. The molecule has 148 valence electrons. The van der Waals surface area contributed by atoms with Gasteiger partial charge in [0, 0.05) is 12.6 Å². The summed E-state index contributed by atoms with van der Waals surface area (Å²) >= 11 is 5.02. The number of anilines is 1. The third kappa shape index (κ3) is 3.74. The molecule has 0 radical (unpaired) electrons. The number of rotatable bonds is 5. The van der Waals surface area contributed by atoms with Crippen LogP contribution in [0.4, 0.5) is 5.82 Å². The largest absolute Gasteiger partial charge is 0.497 e. The van der Waals surface area contributed by atoms with Gasteiger partial charge in [0.05, 0.1) is 25.4 Å².